The third-order valence-electron chi connectivity index (χ3n) is 4.91. The summed E-state index contributed by atoms with van der Waals surface area (Å²) in [6.07, 6.45) is 6.16. The molecular formula is C18H30N4O2S. The highest BCUT2D eigenvalue weighted by Gasteiger charge is 2.29. The molecule has 25 heavy (non-hydrogen) atoms. The van der Waals surface area contributed by atoms with E-state index in [1.165, 1.54) is 29.8 Å². The molecule has 0 unspecified atom stereocenters. The maximum absolute atomic E-state index is 10.6. The van der Waals surface area contributed by atoms with E-state index in [1.54, 1.807) is 0 Å². The maximum atomic E-state index is 10.6. The average Bonchev–Trinajstić information content (AvgIpc) is 3.01. The Morgan fingerprint density at radius 1 is 1.36 bits per heavy atom. The molecule has 0 amide bonds. The van der Waals surface area contributed by atoms with E-state index in [4.69, 9.17) is 9.72 Å². The number of ether oxygens (including phenoxy) is 1. The first-order valence-electron chi connectivity index (χ1n) is 9.37. The molecule has 1 aromatic heterocycles. The van der Waals surface area contributed by atoms with Gasteiger partial charge in [0.1, 0.15) is 5.01 Å². The summed E-state index contributed by atoms with van der Waals surface area (Å²) in [5.74, 6) is 0.829. The van der Waals surface area contributed by atoms with Gasteiger partial charge in [0.15, 0.2) is 5.96 Å². The van der Waals surface area contributed by atoms with Crippen molar-refractivity contribution in [1.29, 1.82) is 0 Å². The van der Waals surface area contributed by atoms with Gasteiger partial charge in [0.25, 0.3) is 0 Å². The molecule has 1 aliphatic heterocycles. The summed E-state index contributed by atoms with van der Waals surface area (Å²) >= 11 is 1.84. The Bertz CT molecular complexity index is 572. The highest BCUT2D eigenvalue weighted by atomic mass is 32.1. The SMILES string of the molecule is CCNC(=NCC1(O)CCOCC1)N(C)Cc1nc2c(s1)CCCC2. The Balaban J connectivity index is 1.64. The van der Waals surface area contributed by atoms with Crippen LogP contribution in [0.5, 0.6) is 0 Å². The van der Waals surface area contributed by atoms with Crippen LogP contribution in [0.25, 0.3) is 0 Å². The molecule has 0 aromatic carbocycles. The molecule has 1 fully saturated rings. The molecule has 0 radical (unpaired) electrons. The van der Waals surface area contributed by atoms with Gasteiger partial charge in [0.05, 0.1) is 24.4 Å². The number of aliphatic imine (C=N–C) groups is 1. The van der Waals surface area contributed by atoms with Crippen LogP contribution in [-0.2, 0) is 24.1 Å². The topological polar surface area (TPSA) is 70.0 Å². The second-order valence-corrected chi connectivity index (χ2v) is 8.22. The van der Waals surface area contributed by atoms with Crippen molar-refractivity contribution < 1.29 is 9.84 Å². The van der Waals surface area contributed by atoms with Crippen molar-refractivity contribution in [2.24, 2.45) is 4.99 Å². The van der Waals surface area contributed by atoms with Crippen molar-refractivity contribution in [2.75, 3.05) is 33.4 Å². The minimum atomic E-state index is -0.736. The zero-order chi connectivity index (χ0) is 17.7. The predicted octanol–water partition coefficient (Wildman–Crippen LogP) is 1.96. The largest absolute Gasteiger partial charge is 0.388 e. The van der Waals surface area contributed by atoms with E-state index in [2.05, 4.69) is 22.1 Å². The highest BCUT2D eigenvalue weighted by molar-refractivity contribution is 7.11. The molecule has 2 heterocycles. The lowest BCUT2D eigenvalue weighted by atomic mass is 9.95. The average molecular weight is 367 g/mol. The van der Waals surface area contributed by atoms with Crippen molar-refractivity contribution in [3.8, 4) is 0 Å². The first-order valence-corrected chi connectivity index (χ1v) is 10.2. The standard InChI is InChI=1S/C18H30N4O2S/c1-3-19-17(20-13-18(23)8-10-24-11-9-18)22(2)12-16-21-14-6-4-5-7-15(14)25-16/h23H,3-13H2,1-2H3,(H,19,20). The zero-order valence-electron chi connectivity index (χ0n) is 15.4. The molecule has 0 saturated carbocycles. The van der Waals surface area contributed by atoms with Gasteiger partial charge in [-0.05, 0) is 32.6 Å². The van der Waals surface area contributed by atoms with Crippen LogP contribution in [0.3, 0.4) is 0 Å². The fourth-order valence-electron chi connectivity index (χ4n) is 3.35. The first-order chi connectivity index (χ1) is 12.1. The Morgan fingerprint density at radius 3 is 2.84 bits per heavy atom. The summed E-state index contributed by atoms with van der Waals surface area (Å²) in [6, 6.07) is 0. The monoisotopic (exact) mass is 366 g/mol. The Kier molecular flexibility index (Phi) is 6.30. The van der Waals surface area contributed by atoms with Gasteiger partial charge in [-0.15, -0.1) is 11.3 Å². The van der Waals surface area contributed by atoms with Gasteiger partial charge < -0.3 is 20.1 Å². The molecule has 0 spiro atoms. The summed E-state index contributed by atoms with van der Waals surface area (Å²) in [4.78, 5) is 13.1. The number of hydrogen-bond donors (Lipinski definition) is 2. The summed E-state index contributed by atoms with van der Waals surface area (Å²) in [6.45, 7) is 5.27. The van der Waals surface area contributed by atoms with Gasteiger partial charge in [-0.2, -0.15) is 0 Å². The van der Waals surface area contributed by atoms with Crippen LogP contribution < -0.4 is 5.32 Å². The Labute approximate surface area is 154 Å². The molecule has 1 aliphatic carbocycles. The number of guanidine groups is 1. The van der Waals surface area contributed by atoms with Crippen molar-refractivity contribution in [2.45, 2.75) is 57.6 Å². The second-order valence-electron chi connectivity index (χ2n) is 7.05. The number of thiazole rings is 1. The number of rotatable bonds is 5. The van der Waals surface area contributed by atoms with Gasteiger partial charge in [0, 0.05) is 44.5 Å². The third kappa shape index (κ3) is 4.92. The molecule has 3 rings (SSSR count). The smallest absolute Gasteiger partial charge is 0.194 e. The molecule has 2 N–H and O–H groups in total. The molecule has 0 atom stereocenters. The van der Waals surface area contributed by atoms with E-state index in [0.29, 0.717) is 32.6 Å². The van der Waals surface area contributed by atoms with Crippen molar-refractivity contribution in [3.05, 3.63) is 15.6 Å². The van der Waals surface area contributed by atoms with Gasteiger partial charge in [-0.3, -0.25) is 4.99 Å². The fraction of sp³-hybridized carbons (Fsp3) is 0.778. The molecule has 0 bridgehead atoms. The lowest BCUT2D eigenvalue weighted by Crippen LogP contribution is -2.43. The van der Waals surface area contributed by atoms with Gasteiger partial charge in [-0.25, -0.2) is 4.98 Å². The molecular weight excluding hydrogens is 336 g/mol. The molecule has 1 aromatic rings. The third-order valence-corrected chi connectivity index (χ3v) is 6.05. The van der Waals surface area contributed by atoms with Crippen LogP contribution in [0.15, 0.2) is 4.99 Å². The fourth-order valence-corrected chi connectivity index (χ4v) is 4.56. The highest BCUT2D eigenvalue weighted by Crippen LogP contribution is 2.27. The lowest BCUT2D eigenvalue weighted by Gasteiger charge is -2.31. The summed E-state index contributed by atoms with van der Waals surface area (Å²) in [7, 11) is 2.04. The zero-order valence-corrected chi connectivity index (χ0v) is 16.2. The van der Waals surface area contributed by atoms with E-state index >= 15 is 0 Å². The maximum Gasteiger partial charge on any atom is 0.194 e. The predicted molar refractivity (Wildman–Crippen MR) is 101 cm³/mol. The van der Waals surface area contributed by atoms with E-state index in [9.17, 15) is 5.11 Å². The quantitative estimate of drug-likeness (QED) is 0.616. The number of nitrogens with one attached hydrogen (secondary N) is 1. The van der Waals surface area contributed by atoms with E-state index in [1.807, 2.05) is 18.4 Å². The van der Waals surface area contributed by atoms with Gasteiger partial charge in [0.2, 0.25) is 0 Å². The number of hydrogen-bond acceptors (Lipinski definition) is 5. The van der Waals surface area contributed by atoms with Crippen LogP contribution in [0, 0.1) is 0 Å². The van der Waals surface area contributed by atoms with Crippen molar-refractivity contribution >= 4 is 17.3 Å². The van der Waals surface area contributed by atoms with Gasteiger partial charge >= 0.3 is 0 Å². The number of aryl methyl sites for hydroxylation is 2. The number of nitrogens with zero attached hydrogens (tertiary/aromatic N) is 3. The number of aliphatic hydroxyl groups is 1. The molecule has 7 heteroatoms. The molecule has 6 nitrogen and oxygen atoms in total. The molecule has 140 valence electrons. The lowest BCUT2D eigenvalue weighted by molar-refractivity contribution is -0.0566. The summed E-state index contributed by atoms with van der Waals surface area (Å²) in [5.41, 5.74) is 0.568. The van der Waals surface area contributed by atoms with Crippen molar-refractivity contribution in [3.63, 3.8) is 0 Å². The Hall–Kier alpha value is -1.18. The van der Waals surface area contributed by atoms with Crippen LogP contribution in [0.1, 0.15) is 48.2 Å². The Morgan fingerprint density at radius 2 is 2.12 bits per heavy atom. The minimum absolute atomic E-state index is 0.414. The number of aromatic nitrogens is 1. The van der Waals surface area contributed by atoms with Crippen LogP contribution >= 0.6 is 11.3 Å². The first kappa shape index (κ1) is 18.6. The van der Waals surface area contributed by atoms with E-state index < -0.39 is 5.60 Å². The molecule has 1 saturated heterocycles. The number of fused-ring (bicyclic) bond motifs is 1. The summed E-state index contributed by atoms with van der Waals surface area (Å²) in [5, 5.41) is 15.1. The van der Waals surface area contributed by atoms with Crippen molar-refractivity contribution in [1.82, 2.24) is 15.2 Å². The van der Waals surface area contributed by atoms with Crippen LogP contribution in [0.2, 0.25) is 0 Å². The van der Waals surface area contributed by atoms with E-state index in [-0.39, 0.29) is 0 Å². The van der Waals surface area contributed by atoms with Crippen LogP contribution in [0.4, 0.5) is 0 Å². The molecule has 2 aliphatic rings. The summed E-state index contributed by atoms with van der Waals surface area (Å²) < 4.78 is 5.34. The van der Waals surface area contributed by atoms with Crippen LogP contribution in [-0.4, -0.2) is 59.9 Å². The van der Waals surface area contributed by atoms with E-state index in [0.717, 1.165) is 30.5 Å². The van der Waals surface area contributed by atoms with Gasteiger partial charge in [-0.1, -0.05) is 0 Å². The minimum Gasteiger partial charge on any atom is -0.388 e. The normalized spacial score (nSPS) is 20.2. The second kappa shape index (κ2) is 8.47.